The molecule has 0 saturated heterocycles. The molecule has 4 nitrogen and oxygen atoms in total. The molecule has 2 aromatic rings. The second-order valence-corrected chi connectivity index (χ2v) is 5.37. The fraction of sp³-hybridized carbons (Fsp3) is 0.0667. The number of aromatic hydroxyl groups is 1. The van der Waals surface area contributed by atoms with Crippen molar-refractivity contribution < 1.29 is 23.5 Å². The van der Waals surface area contributed by atoms with Crippen molar-refractivity contribution in [2.24, 2.45) is 5.73 Å². The Labute approximate surface area is 127 Å². The molecule has 0 fully saturated rings. The van der Waals surface area contributed by atoms with Crippen molar-refractivity contribution in [1.82, 2.24) is 0 Å². The lowest BCUT2D eigenvalue weighted by molar-refractivity contribution is 0.0991. The van der Waals surface area contributed by atoms with Gasteiger partial charge in [-0.15, -0.1) is 0 Å². The number of aldehydes is 1. The summed E-state index contributed by atoms with van der Waals surface area (Å²) in [6, 6.07) is 8.36. The van der Waals surface area contributed by atoms with Crippen LogP contribution in [0.15, 0.2) is 36.4 Å². The summed E-state index contributed by atoms with van der Waals surface area (Å²) in [6.07, 6.45) is 0.288. The highest BCUT2D eigenvalue weighted by Crippen LogP contribution is 2.43. The van der Waals surface area contributed by atoms with Gasteiger partial charge in [-0.2, -0.15) is 8.78 Å². The van der Waals surface area contributed by atoms with E-state index < -0.39 is 22.9 Å². The van der Waals surface area contributed by atoms with Gasteiger partial charge in [0.1, 0.15) is 5.75 Å². The number of primary amides is 1. The average Bonchev–Trinajstić information content (AvgIpc) is 2.46. The number of rotatable bonds is 4. The zero-order valence-electron chi connectivity index (χ0n) is 11.2. The van der Waals surface area contributed by atoms with Crippen molar-refractivity contribution in [3.05, 3.63) is 53.1 Å². The molecule has 1 atom stereocenters. The van der Waals surface area contributed by atoms with Crippen molar-refractivity contribution in [1.29, 1.82) is 0 Å². The minimum absolute atomic E-state index is 0.206. The van der Waals surface area contributed by atoms with Gasteiger partial charge in [0.2, 0.25) is 5.91 Å². The fourth-order valence-electron chi connectivity index (χ4n) is 2.02. The van der Waals surface area contributed by atoms with E-state index in [0.717, 1.165) is 6.07 Å². The van der Waals surface area contributed by atoms with Crippen molar-refractivity contribution in [2.75, 3.05) is 0 Å². The van der Waals surface area contributed by atoms with Gasteiger partial charge in [0.25, 0.3) is 5.66 Å². The van der Waals surface area contributed by atoms with Gasteiger partial charge in [-0.25, -0.2) is 0 Å². The zero-order valence-corrected chi connectivity index (χ0v) is 12.4. The maximum absolute atomic E-state index is 13.5. The van der Waals surface area contributed by atoms with Gasteiger partial charge < -0.3 is 10.8 Å². The highest BCUT2D eigenvalue weighted by atomic mass is 31.0. The van der Waals surface area contributed by atoms with Crippen LogP contribution in [-0.4, -0.2) is 17.3 Å². The predicted octanol–water partition coefficient (Wildman–Crippen LogP) is 2.90. The van der Waals surface area contributed by atoms with Crippen molar-refractivity contribution in [2.45, 2.75) is 5.66 Å². The Morgan fingerprint density at radius 3 is 2.45 bits per heavy atom. The van der Waals surface area contributed by atoms with Gasteiger partial charge >= 0.3 is 0 Å². The lowest BCUT2D eigenvalue weighted by Gasteiger charge is -2.16. The number of carbonyl (C=O) groups is 2. The topological polar surface area (TPSA) is 80.4 Å². The van der Waals surface area contributed by atoms with E-state index in [1.54, 1.807) is 12.1 Å². The summed E-state index contributed by atoms with van der Waals surface area (Å²) in [7, 11) is 1.31. The van der Waals surface area contributed by atoms with Crippen LogP contribution in [0.5, 0.6) is 5.75 Å². The van der Waals surface area contributed by atoms with Crippen LogP contribution in [0.3, 0.4) is 0 Å². The Bertz CT molecular complexity index is 757. The van der Waals surface area contributed by atoms with Crippen LogP contribution in [0.2, 0.25) is 0 Å². The minimum atomic E-state index is -3.40. The minimum Gasteiger partial charge on any atom is -0.507 e. The Balaban J connectivity index is 2.68. The molecule has 114 valence electrons. The van der Waals surface area contributed by atoms with Gasteiger partial charge in [-0.1, -0.05) is 21.4 Å². The summed E-state index contributed by atoms with van der Waals surface area (Å²) in [5.41, 5.74) is 1.72. The van der Waals surface area contributed by atoms with Crippen molar-refractivity contribution in [3.8, 4) is 16.9 Å². The number of halogens is 2. The third kappa shape index (κ3) is 3.12. The van der Waals surface area contributed by atoms with E-state index in [9.17, 15) is 23.5 Å². The SMILES string of the molecule is NC(=O)c1cccc(-c2cc(C=O)c(O)c(C(F)(F)P)c2)c1. The summed E-state index contributed by atoms with van der Waals surface area (Å²) in [6.45, 7) is 0. The summed E-state index contributed by atoms with van der Waals surface area (Å²) in [5.74, 6) is -1.43. The van der Waals surface area contributed by atoms with E-state index in [0.29, 0.717) is 5.56 Å². The molecule has 0 radical (unpaired) electrons. The molecule has 0 bridgehead atoms. The first kappa shape index (κ1) is 16.0. The maximum Gasteiger partial charge on any atom is 0.287 e. The van der Waals surface area contributed by atoms with Crippen LogP contribution in [0, 0.1) is 0 Å². The first-order chi connectivity index (χ1) is 10.2. The largest absolute Gasteiger partial charge is 0.507 e. The molecule has 3 N–H and O–H groups in total. The second-order valence-electron chi connectivity index (χ2n) is 4.65. The highest BCUT2D eigenvalue weighted by molar-refractivity contribution is 7.17. The molecule has 0 aliphatic heterocycles. The highest BCUT2D eigenvalue weighted by Gasteiger charge is 2.30. The molecule has 0 saturated carbocycles. The third-order valence-electron chi connectivity index (χ3n) is 3.11. The van der Waals surface area contributed by atoms with Crippen LogP contribution in [0.4, 0.5) is 8.78 Å². The number of nitrogens with two attached hydrogens (primary N) is 1. The monoisotopic (exact) mass is 323 g/mol. The Kier molecular flexibility index (Phi) is 4.24. The van der Waals surface area contributed by atoms with E-state index >= 15 is 0 Å². The van der Waals surface area contributed by atoms with Gasteiger partial charge in [0, 0.05) is 5.56 Å². The van der Waals surface area contributed by atoms with Gasteiger partial charge in [0.15, 0.2) is 6.29 Å². The van der Waals surface area contributed by atoms with E-state index in [2.05, 4.69) is 0 Å². The molecule has 1 amide bonds. The number of carbonyl (C=O) groups excluding carboxylic acids is 2. The molecule has 0 aliphatic rings. The number of hydrogen-bond donors (Lipinski definition) is 2. The Morgan fingerprint density at radius 2 is 1.91 bits per heavy atom. The van der Waals surface area contributed by atoms with E-state index in [1.807, 2.05) is 0 Å². The summed E-state index contributed by atoms with van der Waals surface area (Å²) < 4.78 is 27.1. The lowest BCUT2D eigenvalue weighted by Crippen LogP contribution is -2.10. The molecule has 0 aliphatic carbocycles. The van der Waals surface area contributed by atoms with Gasteiger partial charge in [0.05, 0.1) is 11.1 Å². The fourth-order valence-corrected chi connectivity index (χ4v) is 2.24. The summed E-state index contributed by atoms with van der Waals surface area (Å²) in [5, 5.41) is 9.74. The van der Waals surface area contributed by atoms with Crippen LogP contribution in [0.1, 0.15) is 26.3 Å². The smallest absolute Gasteiger partial charge is 0.287 e. The molecular weight excluding hydrogens is 311 g/mol. The zero-order chi connectivity index (χ0) is 16.5. The predicted molar refractivity (Wildman–Crippen MR) is 81.1 cm³/mol. The molecular formula is C15H12F2NO3P. The molecule has 0 spiro atoms. The molecule has 22 heavy (non-hydrogen) atoms. The van der Waals surface area contributed by atoms with E-state index in [-0.39, 0.29) is 23.0 Å². The molecule has 2 aromatic carbocycles. The lowest BCUT2D eigenvalue weighted by atomic mass is 9.97. The van der Waals surface area contributed by atoms with E-state index in [1.165, 1.54) is 27.4 Å². The molecule has 0 aromatic heterocycles. The summed E-state index contributed by atoms with van der Waals surface area (Å²) >= 11 is 0. The van der Waals surface area contributed by atoms with Crippen molar-refractivity contribution in [3.63, 3.8) is 0 Å². The number of phenolic OH excluding ortho intramolecular Hbond substituents is 1. The third-order valence-corrected chi connectivity index (χ3v) is 3.42. The first-order valence-electron chi connectivity index (χ1n) is 6.13. The molecule has 2 rings (SSSR count). The maximum atomic E-state index is 13.5. The summed E-state index contributed by atoms with van der Waals surface area (Å²) in [4.78, 5) is 22.2. The van der Waals surface area contributed by atoms with Crippen LogP contribution in [-0.2, 0) is 5.66 Å². The Morgan fingerprint density at radius 1 is 1.23 bits per heavy atom. The normalized spacial score (nSPS) is 11.2. The number of phenols is 1. The van der Waals surface area contributed by atoms with Crippen molar-refractivity contribution >= 4 is 21.4 Å². The number of amides is 1. The standard InChI is InChI=1S/C15H12F2NO3P/c16-15(17,22)12-6-10(5-11(7-19)13(12)20)8-2-1-3-9(4-8)14(18)21/h1-7,20H,22H2,(H2,18,21). The molecule has 0 heterocycles. The van der Waals surface area contributed by atoms with E-state index in [4.69, 9.17) is 5.73 Å². The number of alkyl halides is 2. The first-order valence-corrected chi connectivity index (χ1v) is 6.71. The molecule has 7 heteroatoms. The average molecular weight is 323 g/mol. The number of hydrogen-bond acceptors (Lipinski definition) is 3. The Hall–Kier alpha value is -2.33. The quantitative estimate of drug-likeness (QED) is 0.670. The van der Waals surface area contributed by atoms with Gasteiger partial charge in [-0.3, -0.25) is 9.59 Å². The molecule has 1 unspecified atom stereocenters. The van der Waals surface area contributed by atoms with Gasteiger partial charge in [-0.05, 0) is 35.4 Å². The number of benzene rings is 2. The van der Waals surface area contributed by atoms with Crippen LogP contribution >= 0.6 is 9.24 Å². The van der Waals surface area contributed by atoms with Crippen LogP contribution < -0.4 is 5.73 Å². The second kappa shape index (κ2) is 5.81. The van der Waals surface area contributed by atoms with Crippen LogP contribution in [0.25, 0.3) is 11.1 Å².